The van der Waals surface area contributed by atoms with Gasteiger partial charge in [0.2, 0.25) is 0 Å². The van der Waals surface area contributed by atoms with Crippen molar-refractivity contribution in [2.75, 3.05) is 6.54 Å². The van der Waals surface area contributed by atoms with E-state index in [-0.39, 0.29) is 5.91 Å². The molecular formula is C13H12Cl2N2O. The van der Waals surface area contributed by atoms with Crippen molar-refractivity contribution in [1.29, 1.82) is 5.26 Å². The van der Waals surface area contributed by atoms with Gasteiger partial charge in [-0.3, -0.25) is 4.79 Å². The molecule has 1 aliphatic rings. The zero-order valence-electron chi connectivity index (χ0n) is 9.91. The van der Waals surface area contributed by atoms with Crippen LogP contribution in [0.5, 0.6) is 0 Å². The lowest BCUT2D eigenvalue weighted by atomic mass is 10.1. The van der Waals surface area contributed by atoms with E-state index >= 15 is 0 Å². The topological polar surface area (TPSA) is 44.1 Å². The molecule has 0 spiro atoms. The monoisotopic (exact) mass is 282 g/mol. The van der Waals surface area contributed by atoms with Crippen LogP contribution in [0.15, 0.2) is 12.1 Å². The Kier molecular flexibility index (Phi) is 3.79. The first kappa shape index (κ1) is 13.2. The molecule has 0 radical (unpaired) electrons. The molecule has 0 bridgehead atoms. The molecule has 0 saturated carbocycles. The summed E-state index contributed by atoms with van der Waals surface area (Å²) in [5.74, 6) is -0.197. The first-order valence-electron chi connectivity index (χ1n) is 5.80. The van der Waals surface area contributed by atoms with E-state index in [1.807, 2.05) is 6.92 Å². The summed E-state index contributed by atoms with van der Waals surface area (Å²) in [4.78, 5) is 13.8. The van der Waals surface area contributed by atoms with Crippen molar-refractivity contribution in [1.82, 2.24) is 4.90 Å². The number of hydrogen-bond acceptors (Lipinski definition) is 2. The van der Waals surface area contributed by atoms with Crippen molar-refractivity contribution in [2.24, 2.45) is 0 Å². The summed E-state index contributed by atoms with van der Waals surface area (Å²) in [7, 11) is 0. The zero-order valence-corrected chi connectivity index (χ0v) is 11.4. The number of carbonyl (C=O) groups excluding carboxylic acids is 1. The Morgan fingerprint density at radius 2 is 2.06 bits per heavy atom. The highest BCUT2D eigenvalue weighted by Crippen LogP contribution is 2.41. The van der Waals surface area contributed by atoms with Gasteiger partial charge in [0.15, 0.2) is 0 Å². The minimum atomic E-state index is -0.620. The molecule has 1 unspecified atom stereocenters. The number of nitrogens with zero attached hydrogens (tertiary/aromatic N) is 2. The molecular weight excluding hydrogens is 271 g/mol. The van der Waals surface area contributed by atoms with Crippen LogP contribution in [0.3, 0.4) is 0 Å². The Morgan fingerprint density at radius 1 is 1.39 bits per heavy atom. The highest BCUT2D eigenvalue weighted by atomic mass is 35.5. The average molecular weight is 283 g/mol. The van der Waals surface area contributed by atoms with Gasteiger partial charge in [-0.1, -0.05) is 36.5 Å². The number of amides is 1. The second-order valence-electron chi connectivity index (χ2n) is 4.20. The third-order valence-electron chi connectivity index (χ3n) is 3.08. The van der Waals surface area contributed by atoms with Crippen LogP contribution in [-0.4, -0.2) is 17.4 Å². The fraction of sp³-hybridized carbons (Fsp3) is 0.385. The van der Waals surface area contributed by atoms with E-state index in [1.54, 1.807) is 17.0 Å². The lowest BCUT2D eigenvalue weighted by molar-refractivity contribution is 0.0755. The van der Waals surface area contributed by atoms with E-state index in [1.165, 1.54) is 0 Å². The molecule has 2 rings (SSSR count). The third kappa shape index (κ3) is 1.96. The average Bonchev–Trinajstić information content (AvgIpc) is 2.65. The second kappa shape index (κ2) is 5.17. The number of halogens is 2. The minimum Gasteiger partial charge on any atom is -0.318 e. The van der Waals surface area contributed by atoms with Crippen molar-refractivity contribution in [3.8, 4) is 6.07 Å². The van der Waals surface area contributed by atoms with Crippen LogP contribution in [0.4, 0.5) is 0 Å². The van der Waals surface area contributed by atoms with Gasteiger partial charge in [0.25, 0.3) is 5.91 Å². The Hall–Kier alpha value is -1.24. The predicted octanol–water partition coefficient (Wildman–Crippen LogP) is 3.81. The number of rotatable bonds is 3. The van der Waals surface area contributed by atoms with E-state index in [2.05, 4.69) is 6.07 Å². The number of hydrogen-bond donors (Lipinski definition) is 0. The molecule has 5 heteroatoms. The standard InChI is InChI=1S/C13H12Cl2N2O/c1-2-3-6-17-10(7-16)11-8(14)4-5-9(15)12(11)13(17)18/h4-5,10H,2-3,6H2,1H3. The summed E-state index contributed by atoms with van der Waals surface area (Å²) < 4.78 is 0. The number of unbranched alkanes of at least 4 members (excludes halogenated alkanes) is 1. The molecule has 1 aliphatic heterocycles. The summed E-state index contributed by atoms with van der Waals surface area (Å²) in [6, 6.07) is 4.74. The Bertz CT molecular complexity index is 537. The summed E-state index contributed by atoms with van der Waals surface area (Å²) in [5.41, 5.74) is 0.930. The molecule has 18 heavy (non-hydrogen) atoms. The molecule has 1 aromatic carbocycles. The van der Waals surface area contributed by atoms with Crippen LogP contribution < -0.4 is 0 Å². The van der Waals surface area contributed by atoms with Crippen LogP contribution >= 0.6 is 23.2 Å². The van der Waals surface area contributed by atoms with E-state index in [0.717, 1.165) is 12.8 Å². The lowest BCUT2D eigenvalue weighted by Gasteiger charge is -2.19. The first-order chi connectivity index (χ1) is 8.61. The SMILES string of the molecule is CCCCN1C(=O)c2c(Cl)ccc(Cl)c2C1C#N. The summed E-state index contributed by atoms with van der Waals surface area (Å²) in [6.07, 6.45) is 1.81. The van der Waals surface area contributed by atoms with Crippen molar-refractivity contribution < 1.29 is 4.79 Å². The third-order valence-corrected chi connectivity index (χ3v) is 3.72. The largest absolute Gasteiger partial charge is 0.318 e. The quantitative estimate of drug-likeness (QED) is 0.846. The van der Waals surface area contributed by atoms with Crippen molar-refractivity contribution in [2.45, 2.75) is 25.8 Å². The fourth-order valence-electron chi connectivity index (χ4n) is 2.16. The van der Waals surface area contributed by atoms with Crippen molar-refractivity contribution in [3.05, 3.63) is 33.3 Å². The van der Waals surface area contributed by atoms with Crippen LogP contribution in [0.1, 0.15) is 41.7 Å². The smallest absolute Gasteiger partial charge is 0.257 e. The van der Waals surface area contributed by atoms with Gasteiger partial charge < -0.3 is 4.90 Å². The fourth-order valence-corrected chi connectivity index (χ4v) is 2.67. The van der Waals surface area contributed by atoms with E-state index < -0.39 is 6.04 Å². The molecule has 1 amide bonds. The minimum absolute atomic E-state index is 0.197. The highest BCUT2D eigenvalue weighted by Gasteiger charge is 2.39. The zero-order chi connectivity index (χ0) is 13.3. The summed E-state index contributed by atoms with van der Waals surface area (Å²) in [5, 5.41) is 10.1. The molecule has 0 fully saturated rings. The van der Waals surface area contributed by atoms with Crippen LogP contribution in [0.2, 0.25) is 10.0 Å². The Labute approximate surface area is 116 Å². The number of nitriles is 1. The van der Waals surface area contributed by atoms with Gasteiger partial charge in [0.1, 0.15) is 6.04 Å². The van der Waals surface area contributed by atoms with Gasteiger partial charge in [-0.05, 0) is 18.6 Å². The lowest BCUT2D eigenvalue weighted by Crippen LogP contribution is -2.28. The predicted molar refractivity (Wildman–Crippen MR) is 70.8 cm³/mol. The molecule has 94 valence electrons. The van der Waals surface area contributed by atoms with Gasteiger partial charge in [-0.15, -0.1) is 0 Å². The van der Waals surface area contributed by atoms with Gasteiger partial charge in [0.05, 0.1) is 16.7 Å². The van der Waals surface area contributed by atoms with Crippen molar-refractivity contribution >= 4 is 29.1 Å². The molecule has 3 nitrogen and oxygen atoms in total. The summed E-state index contributed by atoms with van der Waals surface area (Å²) >= 11 is 12.1. The van der Waals surface area contributed by atoms with Crippen LogP contribution in [-0.2, 0) is 0 Å². The number of carbonyl (C=O) groups is 1. The van der Waals surface area contributed by atoms with Gasteiger partial charge >= 0.3 is 0 Å². The highest BCUT2D eigenvalue weighted by molar-refractivity contribution is 6.37. The Balaban J connectivity index is 2.50. The van der Waals surface area contributed by atoms with Crippen LogP contribution in [0.25, 0.3) is 0 Å². The normalized spacial score (nSPS) is 17.8. The maximum Gasteiger partial charge on any atom is 0.257 e. The molecule has 0 N–H and O–H groups in total. The van der Waals surface area contributed by atoms with E-state index in [9.17, 15) is 10.1 Å². The summed E-state index contributed by atoms with van der Waals surface area (Å²) in [6.45, 7) is 2.59. The van der Waals surface area contributed by atoms with Gasteiger partial charge in [0, 0.05) is 17.1 Å². The van der Waals surface area contributed by atoms with E-state index in [4.69, 9.17) is 23.2 Å². The maximum atomic E-state index is 12.3. The number of fused-ring (bicyclic) bond motifs is 1. The van der Waals surface area contributed by atoms with Crippen LogP contribution in [0, 0.1) is 11.3 Å². The molecule has 0 aliphatic carbocycles. The van der Waals surface area contributed by atoms with Gasteiger partial charge in [-0.25, -0.2) is 0 Å². The van der Waals surface area contributed by atoms with Crippen molar-refractivity contribution in [3.63, 3.8) is 0 Å². The first-order valence-corrected chi connectivity index (χ1v) is 6.55. The molecule has 1 atom stereocenters. The number of benzene rings is 1. The molecule has 1 heterocycles. The van der Waals surface area contributed by atoms with Gasteiger partial charge in [-0.2, -0.15) is 5.26 Å². The molecule has 0 aromatic heterocycles. The van der Waals surface area contributed by atoms with E-state index in [0.29, 0.717) is 27.7 Å². The Morgan fingerprint density at radius 3 is 2.67 bits per heavy atom. The molecule has 1 aromatic rings. The maximum absolute atomic E-state index is 12.3. The molecule has 0 saturated heterocycles. The second-order valence-corrected chi connectivity index (χ2v) is 5.02.